The van der Waals surface area contributed by atoms with E-state index in [0.29, 0.717) is 18.7 Å². The minimum Gasteiger partial charge on any atom is -0.480 e. The molecule has 1 saturated heterocycles. The Labute approximate surface area is 116 Å². The third-order valence-corrected chi connectivity index (χ3v) is 4.73. The minimum atomic E-state index is -1.10. The molecule has 1 N–H and O–H groups in total. The van der Waals surface area contributed by atoms with Crippen molar-refractivity contribution in [3.63, 3.8) is 0 Å². The fraction of sp³-hybridized carbons (Fsp3) is 0.615. The van der Waals surface area contributed by atoms with Gasteiger partial charge < -0.3 is 10.0 Å². The number of hydrogen-bond donors (Lipinski definition) is 1. The first kappa shape index (κ1) is 14.0. The van der Waals surface area contributed by atoms with Crippen LogP contribution < -0.4 is 0 Å². The Kier molecular flexibility index (Phi) is 3.62. The number of rotatable bonds is 3. The quantitative estimate of drug-likeness (QED) is 0.923. The lowest BCUT2D eigenvalue weighted by molar-refractivity contribution is -0.147. The molecular formula is C13H18N2O3S. The van der Waals surface area contributed by atoms with Gasteiger partial charge in [0.25, 0.3) is 5.91 Å². The number of amides is 1. The summed E-state index contributed by atoms with van der Waals surface area (Å²) >= 11 is 1.45. The lowest BCUT2D eigenvalue weighted by Crippen LogP contribution is -2.50. The Morgan fingerprint density at radius 3 is 2.74 bits per heavy atom. The molecule has 1 aromatic heterocycles. The van der Waals surface area contributed by atoms with Gasteiger partial charge in [0.1, 0.15) is 11.2 Å². The van der Waals surface area contributed by atoms with Gasteiger partial charge in [0.05, 0.1) is 5.01 Å². The van der Waals surface area contributed by atoms with Crippen molar-refractivity contribution in [3.05, 3.63) is 16.1 Å². The molecule has 2 rings (SSSR count). The molecule has 2 heterocycles. The number of carboxylic acids is 1. The number of nitrogens with zero attached hydrogens (tertiary/aromatic N) is 2. The van der Waals surface area contributed by atoms with Crippen LogP contribution in [0.15, 0.2) is 5.38 Å². The lowest BCUT2D eigenvalue weighted by atomic mass is 9.99. The van der Waals surface area contributed by atoms with E-state index >= 15 is 0 Å². The van der Waals surface area contributed by atoms with Gasteiger partial charge in [0, 0.05) is 17.8 Å². The molecule has 1 aliphatic rings. The SMILES string of the molecule is CC(C)c1nc(C(=O)N2CCCC2(C)C(=O)O)cs1. The third-order valence-electron chi connectivity index (χ3n) is 3.58. The Hall–Kier alpha value is -1.43. The molecule has 0 spiro atoms. The number of carbonyl (C=O) groups excluding carboxylic acids is 1. The van der Waals surface area contributed by atoms with Crippen molar-refractivity contribution in [2.45, 2.75) is 45.1 Å². The first-order valence-electron chi connectivity index (χ1n) is 6.37. The Morgan fingerprint density at radius 1 is 1.53 bits per heavy atom. The lowest BCUT2D eigenvalue weighted by Gasteiger charge is -2.30. The number of aliphatic carboxylic acids is 1. The monoisotopic (exact) mass is 282 g/mol. The van der Waals surface area contributed by atoms with Gasteiger partial charge in [0.2, 0.25) is 0 Å². The van der Waals surface area contributed by atoms with E-state index in [4.69, 9.17) is 0 Å². The number of hydrogen-bond acceptors (Lipinski definition) is 4. The number of likely N-dealkylation sites (tertiary alicyclic amines) is 1. The fourth-order valence-electron chi connectivity index (χ4n) is 2.30. The maximum absolute atomic E-state index is 12.4. The smallest absolute Gasteiger partial charge is 0.329 e. The van der Waals surface area contributed by atoms with Crippen molar-refractivity contribution in [3.8, 4) is 0 Å². The maximum atomic E-state index is 12.4. The summed E-state index contributed by atoms with van der Waals surface area (Å²) in [6, 6.07) is 0. The topological polar surface area (TPSA) is 70.5 Å². The summed E-state index contributed by atoms with van der Waals surface area (Å²) in [5, 5.41) is 11.9. The minimum absolute atomic E-state index is 0.273. The van der Waals surface area contributed by atoms with Crippen molar-refractivity contribution in [2.24, 2.45) is 0 Å². The normalized spacial score (nSPS) is 23.1. The predicted octanol–water partition coefficient (Wildman–Crippen LogP) is 2.35. The van der Waals surface area contributed by atoms with Gasteiger partial charge in [-0.25, -0.2) is 9.78 Å². The molecule has 0 aliphatic carbocycles. The van der Waals surface area contributed by atoms with Crippen LogP contribution >= 0.6 is 11.3 Å². The number of thiazole rings is 1. The molecule has 1 unspecified atom stereocenters. The van der Waals surface area contributed by atoms with Crippen molar-refractivity contribution in [2.75, 3.05) is 6.54 Å². The summed E-state index contributed by atoms with van der Waals surface area (Å²) in [5.74, 6) is -0.945. The average Bonchev–Trinajstić information content (AvgIpc) is 2.95. The van der Waals surface area contributed by atoms with Gasteiger partial charge in [-0.3, -0.25) is 4.79 Å². The molecule has 0 bridgehead atoms. The van der Waals surface area contributed by atoms with Crippen molar-refractivity contribution >= 4 is 23.2 Å². The predicted molar refractivity (Wildman–Crippen MR) is 72.5 cm³/mol. The zero-order valence-corrected chi connectivity index (χ0v) is 12.2. The van der Waals surface area contributed by atoms with E-state index < -0.39 is 11.5 Å². The van der Waals surface area contributed by atoms with Gasteiger partial charge in [-0.1, -0.05) is 13.8 Å². The highest BCUT2D eigenvalue weighted by molar-refractivity contribution is 7.09. The van der Waals surface area contributed by atoms with Crippen LogP contribution in [-0.2, 0) is 4.79 Å². The second-order valence-electron chi connectivity index (χ2n) is 5.37. The van der Waals surface area contributed by atoms with Crippen LogP contribution in [0.1, 0.15) is 55.0 Å². The summed E-state index contributed by atoms with van der Waals surface area (Å²) in [7, 11) is 0. The Morgan fingerprint density at radius 2 is 2.21 bits per heavy atom. The van der Waals surface area contributed by atoms with Gasteiger partial charge in [-0.2, -0.15) is 0 Å². The van der Waals surface area contributed by atoms with E-state index in [-0.39, 0.29) is 11.8 Å². The van der Waals surface area contributed by atoms with Crippen LogP contribution in [0.5, 0.6) is 0 Å². The van der Waals surface area contributed by atoms with Gasteiger partial charge >= 0.3 is 5.97 Å². The van der Waals surface area contributed by atoms with Crippen molar-refractivity contribution < 1.29 is 14.7 Å². The van der Waals surface area contributed by atoms with Gasteiger partial charge in [0.15, 0.2) is 0 Å². The van der Waals surface area contributed by atoms with Crippen LogP contribution in [-0.4, -0.2) is 39.0 Å². The summed E-state index contributed by atoms with van der Waals surface area (Å²) in [4.78, 5) is 29.5. The van der Waals surface area contributed by atoms with Crippen molar-refractivity contribution in [1.29, 1.82) is 0 Å². The summed E-state index contributed by atoms with van der Waals surface area (Å²) in [5.41, 5.74) is -0.735. The Bertz CT molecular complexity index is 512. The van der Waals surface area contributed by atoms with E-state index in [2.05, 4.69) is 4.98 Å². The molecule has 1 aliphatic heterocycles. The highest BCUT2D eigenvalue weighted by atomic mass is 32.1. The molecule has 19 heavy (non-hydrogen) atoms. The standard InChI is InChI=1S/C13H18N2O3S/c1-8(2)10-14-9(7-19-10)11(16)15-6-4-5-13(15,3)12(17)18/h7-8H,4-6H2,1-3H3,(H,17,18). The van der Waals surface area contributed by atoms with Crippen LogP contribution in [0.25, 0.3) is 0 Å². The zero-order valence-electron chi connectivity index (χ0n) is 11.3. The summed E-state index contributed by atoms with van der Waals surface area (Å²) < 4.78 is 0. The Balaban J connectivity index is 2.25. The molecule has 5 nitrogen and oxygen atoms in total. The van der Waals surface area contributed by atoms with Gasteiger partial charge in [-0.05, 0) is 19.8 Å². The molecule has 104 valence electrons. The van der Waals surface area contributed by atoms with Crippen LogP contribution in [0.2, 0.25) is 0 Å². The maximum Gasteiger partial charge on any atom is 0.329 e. The molecule has 1 amide bonds. The van der Waals surface area contributed by atoms with E-state index in [1.165, 1.54) is 16.2 Å². The first-order valence-corrected chi connectivity index (χ1v) is 7.25. The number of carboxylic acid groups (broad SMARTS) is 1. The fourth-order valence-corrected chi connectivity index (χ4v) is 3.11. The highest BCUT2D eigenvalue weighted by Crippen LogP contribution is 2.31. The molecular weight excluding hydrogens is 264 g/mol. The molecule has 1 aromatic rings. The average molecular weight is 282 g/mol. The molecule has 1 fully saturated rings. The van der Waals surface area contributed by atoms with E-state index in [9.17, 15) is 14.7 Å². The highest BCUT2D eigenvalue weighted by Gasteiger charge is 2.46. The molecule has 1 atom stereocenters. The van der Waals surface area contributed by atoms with Crippen LogP contribution in [0, 0.1) is 0 Å². The number of carbonyl (C=O) groups is 2. The molecule has 0 saturated carbocycles. The largest absolute Gasteiger partial charge is 0.480 e. The zero-order chi connectivity index (χ0) is 14.2. The molecule has 6 heteroatoms. The van der Waals surface area contributed by atoms with E-state index in [1.54, 1.807) is 12.3 Å². The molecule has 0 aromatic carbocycles. The number of aromatic nitrogens is 1. The summed E-state index contributed by atoms with van der Waals surface area (Å²) in [6.07, 6.45) is 1.21. The van der Waals surface area contributed by atoms with Crippen molar-refractivity contribution in [1.82, 2.24) is 9.88 Å². The second kappa shape index (κ2) is 4.92. The second-order valence-corrected chi connectivity index (χ2v) is 6.25. The van der Waals surface area contributed by atoms with Crippen LogP contribution in [0.4, 0.5) is 0 Å². The van der Waals surface area contributed by atoms with Crippen LogP contribution in [0.3, 0.4) is 0 Å². The third kappa shape index (κ3) is 2.36. The van der Waals surface area contributed by atoms with E-state index in [0.717, 1.165) is 11.4 Å². The van der Waals surface area contributed by atoms with Gasteiger partial charge in [-0.15, -0.1) is 11.3 Å². The van der Waals surface area contributed by atoms with E-state index in [1.807, 2.05) is 13.8 Å². The molecule has 0 radical (unpaired) electrons. The first-order chi connectivity index (χ1) is 8.86. The summed E-state index contributed by atoms with van der Waals surface area (Å²) in [6.45, 7) is 6.13.